The highest BCUT2D eigenvalue weighted by Gasteiger charge is 2.13. The van der Waals surface area contributed by atoms with Gasteiger partial charge in [0.1, 0.15) is 0 Å². The summed E-state index contributed by atoms with van der Waals surface area (Å²) in [6.45, 7) is 4.39. The Labute approximate surface area is 129 Å². The fraction of sp³-hybridized carbons (Fsp3) is 0.571. The smallest absolute Gasteiger partial charge is 0.156 e. The van der Waals surface area contributed by atoms with Crippen LogP contribution in [0.5, 0.6) is 5.75 Å². The van der Waals surface area contributed by atoms with E-state index in [2.05, 4.69) is 0 Å². The molecule has 0 saturated carbocycles. The van der Waals surface area contributed by atoms with E-state index >= 15 is 0 Å². The standard InChI is InChI=1S/C14H18Cl3NO/c15-11-9-12(16)14(13(17)10-11)19-8-4-7-18-5-2-1-3-6-18/h9-10H,1-8H2/p+1. The molecule has 0 spiro atoms. The van der Waals surface area contributed by atoms with Gasteiger partial charge in [0, 0.05) is 11.4 Å². The number of likely N-dealkylation sites (tertiary alicyclic amines) is 1. The highest BCUT2D eigenvalue weighted by atomic mass is 35.5. The number of ether oxygens (including phenoxy) is 1. The van der Waals surface area contributed by atoms with Crippen molar-refractivity contribution in [1.29, 1.82) is 0 Å². The number of piperidine rings is 1. The first-order valence-electron chi connectivity index (χ1n) is 6.78. The third-order valence-electron chi connectivity index (χ3n) is 3.44. The minimum Gasteiger partial charge on any atom is -0.490 e. The van der Waals surface area contributed by atoms with Gasteiger partial charge in [0.05, 0.1) is 36.3 Å². The molecule has 0 aromatic heterocycles. The summed E-state index contributed by atoms with van der Waals surface area (Å²) in [5, 5.41) is 1.48. The molecule has 1 aliphatic rings. The Kier molecular flexibility index (Phi) is 6.08. The van der Waals surface area contributed by atoms with E-state index in [1.807, 2.05) is 0 Å². The van der Waals surface area contributed by atoms with E-state index in [9.17, 15) is 0 Å². The number of nitrogens with one attached hydrogen (secondary N) is 1. The topological polar surface area (TPSA) is 13.7 Å². The van der Waals surface area contributed by atoms with E-state index in [1.165, 1.54) is 32.4 Å². The molecular weight excluding hydrogens is 305 g/mol. The van der Waals surface area contributed by atoms with Gasteiger partial charge in [0.25, 0.3) is 0 Å². The maximum atomic E-state index is 6.06. The van der Waals surface area contributed by atoms with Crippen molar-refractivity contribution in [3.63, 3.8) is 0 Å². The fourth-order valence-corrected chi connectivity index (χ4v) is 3.39. The molecule has 0 atom stereocenters. The third-order valence-corrected chi connectivity index (χ3v) is 4.22. The second-order valence-electron chi connectivity index (χ2n) is 4.96. The van der Waals surface area contributed by atoms with Crippen LogP contribution in [-0.2, 0) is 0 Å². The second-order valence-corrected chi connectivity index (χ2v) is 6.21. The van der Waals surface area contributed by atoms with E-state index in [-0.39, 0.29) is 0 Å². The van der Waals surface area contributed by atoms with Crippen molar-refractivity contribution in [3.8, 4) is 5.75 Å². The van der Waals surface area contributed by atoms with Crippen molar-refractivity contribution in [2.24, 2.45) is 0 Å². The van der Waals surface area contributed by atoms with Crippen LogP contribution >= 0.6 is 34.8 Å². The van der Waals surface area contributed by atoms with Crippen LogP contribution in [-0.4, -0.2) is 26.2 Å². The lowest BCUT2D eigenvalue weighted by Gasteiger charge is -2.23. The van der Waals surface area contributed by atoms with Gasteiger partial charge in [-0.05, 0) is 31.4 Å². The first-order valence-corrected chi connectivity index (χ1v) is 7.91. The molecule has 1 fully saturated rings. The molecule has 2 nitrogen and oxygen atoms in total. The minimum atomic E-state index is 0.475. The maximum Gasteiger partial charge on any atom is 0.156 e. The van der Waals surface area contributed by atoms with Gasteiger partial charge in [-0.1, -0.05) is 34.8 Å². The largest absolute Gasteiger partial charge is 0.490 e. The van der Waals surface area contributed by atoms with Crippen molar-refractivity contribution in [3.05, 3.63) is 27.2 Å². The average Bonchev–Trinajstić information content (AvgIpc) is 2.38. The van der Waals surface area contributed by atoms with Gasteiger partial charge >= 0.3 is 0 Å². The van der Waals surface area contributed by atoms with Crippen LogP contribution in [0, 0.1) is 0 Å². The lowest BCUT2D eigenvalue weighted by atomic mass is 10.1. The summed E-state index contributed by atoms with van der Waals surface area (Å²) < 4.78 is 5.68. The van der Waals surface area contributed by atoms with Crippen molar-refractivity contribution >= 4 is 34.8 Å². The zero-order valence-corrected chi connectivity index (χ0v) is 13.1. The normalized spacial score (nSPS) is 16.6. The lowest BCUT2D eigenvalue weighted by molar-refractivity contribution is -0.905. The van der Waals surface area contributed by atoms with Crippen LogP contribution in [0.1, 0.15) is 25.7 Å². The van der Waals surface area contributed by atoms with Crippen molar-refractivity contribution < 1.29 is 9.64 Å². The van der Waals surface area contributed by atoms with Crippen molar-refractivity contribution in [2.45, 2.75) is 25.7 Å². The number of hydrogen-bond acceptors (Lipinski definition) is 1. The molecule has 2 rings (SSSR count). The molecule has 0 aliphatic carbocycles. The predicted molar refractivity (Wildman–Crippen MR) is 81.0 cm³/mol. The molecule has 1 N–H and O–H groups in total. The van der Waals surface area contributed by atoms with Crippen LogP contribution in [0.15, 0.2) is 12.1 Å². The van der Waals surface area contributed by atoms with Crippen LogP contribution < -0.4 is 9.64 Å². The first-order chi connectivity index (χ1) is 9.16. The molecule has 1 saturated heterocycles. The van der Waals surface area contributed by atoms with Crippen LogP contribution in [0.2, 0.25) is 15.1 Å². The van der Waals surface area contributed by atoms with E-state index in [4.69, 9.17) is 39.5 Å². The Bertz CT molecular complexity index is 396. The molecule has 1 aromatic rings. The highest BCUT2D eigenvalue weighted by molar-refractivity contribution is 6.40. The number of quaternary nitrogens is 1. The van der Waals surface area contributed by atoms with Crippen LogP contribution in [0.4, 0.5) is 0 Å². The SMILES string of the molecule is Clc1cc(Cl)c(OCCC[NH+]2CCCCC2)c(Cl)c1. The Morgan fingerprint density at radius 1 is 1.00 bits per heavy atom. The van der Waals surface area contributed by atoms with Gasteiger partial charge in [-0.3, -0.25) is 0 Å². The molecule has 106 valence electrons. The minimum absolute atomic E-state index is 0.475. The summed E-state index contributed by atoms with van der Waals surface area (Å²) in [4.78, 5) is 1.68. The second kappa shape index (κ2) is 7.58. The van der Waals surface area contributed by atoms with Gasteiger partial charge in [0.2, 0.25) is 0 Å². The zero-order valence-electron chi connectivity index (χ0n) is 10.9. The summed E-state index contributed by atoms with van der Waals surface area (Å²) in [7, 11) is 0. The summed E-state index contributed by atoms with van der Waals surface area (Å²) in [5.41, 5.74) is 0. The molecular formula is C14H19Cl3NO+. The Morgan fingerprint density at radius 2 is 1.63 bits per heavy atom. The molecule has 0 amide bonds. The monoisotopic (exact) mass is 322 g/mol. The van der Waals surface area contributed by atoms with Crippen molar-refractivity contribution in [2.75, 3.05) is 26.2 Å². The fourth-order valence-electron chi connectivity index (χ4n) is 2.47. The average molecular weight is 324 g/mol. The van der Waals surface area contributed by atoms with Crippen LogP contribution in [0.25, 0.3) is 0 Å². The molecule has 0 unspecified atom stereocenters. The molecule has 1 heterocycles. The molecule has 19 heavy (non-hydrogen) atoms. The molecule has 1 aromatic carbocycles. The van der Waals surface area contributed by atoms with E-state index in [0.29, 0.717) is 27.4 Å². The predicted octanol–water partition coefficient (Wildman–Crippen LogP) is 3.48. The van der Waals surface area contributed by atoms with E-state index in [0.717, 1.165) is 13.0 Å². The summed E-state index contributed by atoms with van der Waals surface area (Å²) in [6, 6.07) is 3.31. The zero-order chi connectivity index (χ0) is 13.7. The van der Waals surface area contributed by atoms with Crippen LogP contribution in [0.3, 0.4) is 0 Å². The molecule has 1 aliphatic heterocycles. The van der Waals surface area contributed by atoms with Gasteiger partial charge in [0.15, 0.2) is 5.75 Å². The van der Waals surface area contributed by atoms with E-state index < -0.39 is 0 Å². The Morgan fingerprint density at radius 3 is 2.26 bits per heavy atom. The third kappa shape index (κ3) is 4.71. The maximum absolute atomic E-state index is 6.06. The summed E-state index contributed by atoms with van der Waals surface area (Å²) in [5.74, 6) is 0.543. The quantitative estimate of drug-likeness (QED) is 0.819. The lowest BCUT2D eigenvalue weighted by Crippen LogP contribution is -3.12. The van der Waals surface area contributed by atoms with Gasteiger partial charge in [-0.2, -0.15) is 0 Å². The Hall–Kier alpha value is -0.150. The number of benzene rings is 1. The van der Waals surface area contributed by atoms with Gasteiger partial charge < -0.3 is 9.64 Å². The molecule has 5 heteroatoms. The molecule has 0 bridgehead atoms. The van der Waals surface area contributed by atoms with Gasteiger partial charge in [-0.15, -0.1) is 0 Å². The number of halogens is 3. The van der Waals surface area contributed by atoms with E-state index in [1.54, 1.807) is 17.0 Å². The summed E-state index contributed by atoms with van der Waals surface area (Å²) in [6.07, 6.45) is 5.11. The molecule has 0 radical (unpaired) electrons. The first kappa shape index (κ1) is 15.2. The summed E-state index contributed by atoms with van der Waals surface area (Å²) >= 11 is 18.0. The number of rotatable bonds is 5. The number of hydrogen-bond donors (Lipinski definition) is 1. The Balaban J connectivity index is 1.76. The van der Waals surface area contributed by atoms with Gasteiger partial charge in [-0.25, -0.2) is 0 Å². The highest BCUT2D eigenvalue weighted by Crippen LogP contribution is 2.35. The van der Waals surface area contributed by atoms with Crippen molar-refractivity contribution in [1.82, 2.24) is 0 Å².